The van der Waals surface area contributed by atoms with E-state index in [4.69, 9.17) is 22.1 Å². The van der Waals surface area contributed by atoms with Crippen LogP contribution in [-0.2, 0) is 9.59 Å². The minimum absolute atomic E-state index is 0.0473. The molecule has 0 spiro atoms. The number of benzene rings is 3. The maximum absolute atomic E-state index is 13.2. The van der Waals surface area contributed by atoms with Crippen LogP contribution in [0.1, 0.15) is 17.0 Å². The molecule has 2 amide bonds. The molecule has 0 bridgehead atoms. The third-order valence-corrected chi connectivity index (χ3v) is 6.56. The number of rotatable bonds is 7. The van der Waals surface area contributed by atoms with Gasteiger partial charge in [-0.05, 0) is 54.6 Å². The lowest BCUT2D eigenvalue weighted by Gasteiger charge is -2.19. The van der Waals surface area contributed by atoms with Crippen LogP contribution in [0.2, 0.25) is 5.02 Å². The van der Waals surface area contributed by atoms with E-state index in [1.807, 2.05) is 43.4 Å². The molecule has 3 aromatic carbocycles. The Morgan fingerprint density at radius 3 is 2.50 bits per heavy atom. The molecule has 1 heterocycles. The number of halogens is 1. The highest BCUT2D eigenvalue weighted by Gasteiger charge is 2.37. The zero-order chi connectivity index (χ0) is 25.7. The standard InChI is InChI=1S/C28H29ClN4O3/c1-33-16-21(22(17-33)28(35)31-20-12-13-26(36-2)23(29)15-20)19-10-7-18(8-11-19)9-14-27(34)32-25-6-4-3-5-24(25)30/h3-15,21-22H,16-17,30H2,1-2H3,(H,31,35)(H,32,34). The number of anilines is 3. The minimum Gasteiger partial charge on any atom is -0.495 e. The summed E-state index contributed by atoms with van der Waals surface area (Å²) in [7, 11) is 3.56. The fourth-order valence-electron chi connectivity index (χ4n) is 4.39. The summed E-state index contributed by atoms with van der Waals surface area (Å²) < 4.78 is 5.18. The number of hydrogen-bond acceptors (Lipinski definition) is 5. The molecule has 0 aromatic heterocycles. The maximum Gasteiger partial charge on any atom is 0.248 e. The number of methoxy groups -OCH3 is 1. The van der Waals surface area contributed by atoms with Crippen molar-refractivity contribution in [3.05, 3.63) is 89.0 Å². The van der Waals surface area contributed by atoms with E-state index < -0.39 is 0 Å². The van der Waals surface area contributed by atoms with Crippen LogP contribution in [0.25, 0.3) is 6.08 Å². The second-order valence-corrected chi connectivity index (χ2v) is 9.26. The van der Waals surface area contributed by atoms with Crippen molar-refractivity contribution in [2.24, 2.45) is 5.92 Å². The fourth-order valence-corrected chi connectivity index (χ4v) is 4.65. The Kier molecular flexibility index (Phi) is 7.93. The van der Waals surface area contributed by atoms with E-state index in [0.29, 0.717) is 34.4 Å². The van der Waals surface area contributed by atoms with Gasteiger partial charge in [0, 0.05) is 30.8 Å². The first-order valence-corrected chi connectivity index (χ1v) is 12.0. The van der Waals surface area contributed by atoms with Crippen LogP contribution in [-0.4, -0.2) is 44.0 Å². The highest BCUT2D eigenvalue weighted by molar-refractivity contribution is 6.32. The Labute approximate surface area is 215 Å². The number of likely N-dealkylation sites (tertiary alicyclic amines) is 1. The molecule has 2 unspecified atom stereocenters. The number of hydrogen-bond donors (Lipinski definition) is 3. The van der Waals surface area contributed by atoms with Crippen LogP contribution in [0.4, 0.5) is 17.1 Å². The summed E-state index contributed by atoms with van der Waals surface area (Å²) in [6, 6.07) is 20.2. The van der Waals surface area contributed by atoms with Gasteiger partial charge in [0.05, 0.1) is 29.4 Å². The summed E-state index contributed by atoms with van der Waals surface area (Å²) in [5.41, 5.74) is 9.56. The van der Waals surface area contributed by atoms with Crippen molar-refractivity contribution in [2.45, 2.75) is 5.92 Å². The molecular formula is C28H29ClN4O3. The van der Waals surface area contributed by atoms with E-state index in [0.717, 1.165) is 17.7 Å². The lowest BCUT2D eigenvalue weighted by Crippen LogP contribution is -2.28. The molecule has 36 heavy (non-hydrogen) atoms. The number of carbonyl (C=O) groups excluding carboxylic acids is 2. The van der Waals surface area contributed by atoms with E-state index in [1.165, 1.54) is 6.08 Å². The number of carbonyl (C=O) groups is 2. The second kappa shape index (κ2) is 11.3. The van der Waals surface area contributed by atoms with Gasteiger partial charge in [-0.2, -0.15) is 0 Å². The molecule has 0 aliphatic carbocycles. The zero-order valence-electron chi connectivity index (χ0n) is 20.2. The molecule has 1 aliphatic heterocycles. The quantitative estimate of drug-likeness (QED) is 0.315. The highest BCUT2D eigenvalue weighted by Crippen LogP contribution is 2.34. The Hall–Kier alpha value is -3.81. The van der Waals surface area contributed by atoms with Crippen molar-refractivity contribution in [2.75, 3.05) is 43.6 Å². The van der Waals surface area contributed by atoms with Gasteiger partial charge in [-0.15, -0.1) is 0 Å². The predicted octanol–water partition coefficient (Wildman–Crippen LogP) is 4.87. The third-order valence-electron chi connectivity index (χ3n) is 6.27. The molecule has 1 fully saturated rings. The molecule has 0 saturated carbocycles. The number of likely N-dealkylation sites (N-methyl/N-ethyl adjacent to an activating group) is 1. The Bertz CT molecular complexity index is 1280. The minimum atomic E-state index is -0.259. The van der Waals surface area contributed by atoms with E-state index >= 15 is 0 Å². The molecule has 2 atom stereocenters. The molecule has 4 N–H and O–H groups in total. The van der Waals surface area contributed by atoms with Crippen LogP contribution in [0.3, 0.4) is 0 Å². The van der Waals surface area contributed by atoms with Gasteiger partial charge < -0.3 is 26.0 Å². The van der Waals surface area contributed by atoms with Crippen LogP contribution < -0.4 is 21.1 Å². The molecule has 1 saturated heterocycles. The summed E-state index contributed by atoms with van der Waals surface area (Å²) in [6.07, 6.45) is 3.22. The normalized spacial score (nSPS) is 17.8. The van der Waals surface area contributed by atoms with Gasteiger partial charge in [-0.25, -0.2) is 0 Å². The number of para-hydroxylation sites is 2. The highest BCUT2D eigenvalue weighted by atomic mass is 35.5. The molecular weight excluding hydrogens is 476 g/mol. The van der Waals surface area contributed by atoms with Crippen molar-refractivity contribution < 1.29 is 14.3 Å². The van der Waals surface area contributed by atoms with E-state index in [9.17, 15) is 9.59 Å². The van der Waals surface area contributed by atoms with Gasteiger partial charge in [-0.3, -0.25) is 9.59 Å². The van der Waals surface area contributed by atoms with E-state index in [2.05, 4.69) is 15.5 Å². The van der Waals surface area contributed by atoms with E-state index in [-0.39, 0.29) is 23.7 Å². The first-order valence-electron chi connectivity index (χ1n) is 11.6. The number of ether oxygens (including phenoxy) is 1. The largest absolute Gasteiger partial charge is 0.495 e. The van der Waals surface area contributed by atoms with Crippen LogP contribution >= 0.6 is 11.6 Å². The Balaban J connectivity index is 1.41. The number of nitrogens with one attached hydrogen (secondary N) is 2. The lowest BCUT2D eigenvalue weighted by atomic mass is 9.88. The molecule has 1 aliphatic rings. The van der Waals surface area contributed by atoms with Crippen molar-refractivity contribution >= 4 is 46.6 Å². The van der Waals surface area contributed by atoms with Crippen LogP contribution in [0, 0.1) is 5.92 Å². The smallest absolute Gasteiger partial charge is 0.248 e. The van der Waals surface area contributed by atoms with Crippen LogP contribution in [0.15, 0.2) is 72.8 Å². The Morgan fingerprint density at radius 2 is 1.81 bits per heavy atom. The van der Waals surface area contributed by atoms with Crippen molar-refractivity contribution in [1.82, 2.24) is 4.90 Å². The number of nitrogens with zero attached hydrogens (tertiary/aromatic N) is 1. The molecule has 3 aromatic rings. The lowest BCUT2D eigenvalue weighted by molar-refractivity contribution is -0.119. The molecule has 8 heteroatoms. The van der Waals surface area contributed by atoms with Gasteiger partial charge >= 0.3 is 0 Å². The van der Waals surface area contributed by atoms with Gasteiger partial charge in [-0.1, -0.05) is 48.0 Å². The van der Waals surface area contributed by atoms with Crippen molar-refractivity contribution in [3.8, 4) is 5.75 Å². The molecule has 186 valence electrons. The Morgan fingerprint density at radius 1 is 1.06 bits per heavy atom. The van der Waals surface area contributed by atoms with Gasteiger partial charge in [0.1, 0.15) is 5.75 Å². The molecule has 7 nitrogen and oxygen atoms in total. The molecule has 4 rings (SSSR count). The summed E-state index contributed by atoms with van der Waals surface area (Å²) in [5.74, 6) is 0.0885. The van der Waals surface area contributed by atoms with Gasteiger partial charge in [0.2, 0.25) is 11.8 Å². The number of amides is 2. The average Bonchev–Trinajstić information content (AvgIpc) is 3.26. The first-order chi connectivity index (χ1) is 17.3. The number of nitrogens with two attached hydrogens (primary N) is 1. The van der Waals surface area contributed by atoms with Crippen LogP contribution in [0.5, 0.6) is 5.75 Å². The summed E-state index contributed by atoms with van der Waals surface area (Å²) in [6.45, 7) is 1.43. The average molecular weight is 505 g/mol. The topological polar surface area (TPSA) is 96.7 Å². The van der Waals surface area contributed by atoms with Crippen molar-refractivity contribution in [1.29, 1.82) is 0 Å². The van der Waals surface area contributed by atoms with Gasteiger partial charge in [0.25, 0.3) is 0 Å². The monoisotopic (exact) mass is 504 g/mol. The summed E-state index contributed by atoms with van der Waals surface area (Å²) >= 11 is 6.21. The predicted molar refractivity (Wildman–Crippen MR) is 145 cm³/mol. The first kappa shape index (κ1) is 25.3. The SMILES string of the molecule is COc1ccc(NC(=O)C2CN(C)CC2c2ccc(C=CC(=O)Nc3ccccc3N)cc2)cc1Cl. The van der Waals surface area contributed by atoms with Crippen molar-refractivity contribution in [3.63, 3.8) is 0 Å². The fraction of sp³-hybridized carbons (Fsp3) is 0.214. The zero-order valence-corrected chi connectivity index (χ0v) is 21.0. The van der Waals surface area contributed by atoms with Gasteiger partial charge in [0.15, 0.2) is 0 Å². The third kappa shape index (κ3) is 6.05. The summed E-state index contributed by atoms with van der Waals surface area (Å²) in [4.78, 5) is 27.6. The maximum atomic E-state index is 13.2. The second-order valence-electron chi connectivity index (χ2n) is 8.85. The van der Waals surface area contributed by atoms with E-state index in [1.54, 1.807) is 43.5 Å². The summed E-state index contributed by atoms with van der Waals surface area (Å²) in [5, 5.41) is 6.21. The molecule has 0 radical (unpaired) electrons. The number of nitrogen functional groups attached to an aromatic ring is 1.